The summed E-state index contributed by atoms with van der Waals surface area (Å²) in [6.07, 6.45) is 8.24. The Morgan fingerprint density at radius 3 is 2.67 bits per heavy atom. The molecule has 5 heteroatoms. The molecule has 4 nitrogen and oxygen atoms in total. The number of rotatable bonds is 10. The number of hydrogen-bond donors (Lipinski definition) is 1. The van der Waals surface area contributed by atoms with Gasteiger partial charge in [0.1, 0.15) is 18.0 Å². The molecule has 0 saturated carbocycles. The minimum Gasteiger partial charge on any atom is -0.370 e. The average Bonchev–Trinajstić information content (AvgIpc) is 2.51. The molecule has 0 aromatic carbocycles. The first-order valence-electron chi connectivity index (χ1n) is 7.95. The van der Waals surface area contributed by atoms with Gasteiger partial charge in [0.15, 0.2) is 0 Å². The summed E-state index contributed by atoms with van der Waals surface area (Å²) in [5.41, 5.74) is 1.26. The number of thioether (sulfide) groups is 1. The molecular weight excluding hydrogens is 280 g/mol. The Bertz CT molecular complexity index is 411. The Balaban J connectivity index is 2.97. The topological polar surface area (TPSA) is 41.1 Å². The van der Waals surface area contributed by atoms with Gasteiger partial charge in [-0.1, -0.05) is 20.3 Å². The predicted molar refractivity (Wildman–Crippen MR) is 95.7 cm³/mol. The van der Waals surface area contributed by atoms with Gasteiger partial charge in [-0.3, -0.25) is 0 Å². The molecule has 0 aliphatic heterocycles. The van der Waals surface area contributed by atoms with Gasteiger partial charge in [-0.15, -0.1) is 0 Å². The van der Waals surface area contributed by atoms with Gasteiger partial charge in [-0.2, -0.15) is 11.8 Å². The fraction of sp³-hybridized carbons (Fsp3) is 0.750. The van der Waals surface area contributed by atoms with E-state index >= 15 is 0 Å². The molecule has 120 valence electrons. The van der Waals surface area contributed by atoms with Crippen LogP contribution in [0.5, 0.6) is 0 Å². The fourth-order valence-electron chi connectivity index (χ4n) is 2.27. The van der Waals surface area contributed by atoms with Crippen LogP contribution in [0.25, 0.3) is 0 Å². The van der Waals surface area contributed by atoms with Crippen LogP contribution in [0.3, 0.4) is 0 Å². The van der Waals surface area contributed by atoms with Gasteiger partial charge < -0.3 is 10.2 Å². The number of nitrogens with one attached hydrogen (secondary N) is 1. The van der Waals surface area contributed by atoms with E-state index in [1.807, 2.05) is 11.8 Å². The van der Waals surface area contributed by atoms with Crippen molar-refractivity contribution in [2.75, 3.05) is 35.8 Å². The normalized spacial score (nSPS) is 12.2. The van der Waals surface area contributed by atoms with E-state index in [2.05, 4.69) is 54.3 Å². The van der Waals surface area contributed by atoms with Crippen LogP contribution in [0.2, 0.25) is 0 Å². The van der Waals surface area contributed by atoms with E-state index in [4.69, 9.17) is 0 Å². The largest absolute Gasteiger partial charge is 0.370 e. The van der Waals surface area contributed by atoms with Crippen LogP contribution in [0.15, 0.2) is 6.33 Å². The first-order chi connectivity index (χ1) is 10.2. The third kappa shape index (κ3) is 5.38. The molecule has 1 rings (SSSR count). The first-order valence-corrected chi connectivity index (χ1v) is 9.34. The summed E-state index contributed by atoms with van der Waals surface area (Å²) in [7, 11) is 2.15. The summed E-state index contributed by atoms with van der Waals surface area (Å²) < 4.78 is 0. The van der Waals surface area contributed by atoms with E-state index in [1.54, 1.807) is 6.33 Å². The lowest BCUT2D eigenvalue weighted by Gasteiger charge is -2.28. The maximum absolute atomic E-state index is 4.56. The summed E-state index contributed by atoms with van der Waals surface area (Å²) in [5.74, 6) is 3.27. The molecule has 1 unspecified atom stereocenters. The molecule has 1 atom stereocenters. The minimum atomic E-state index is 0.488. The van der Waals surface area contributed by atoms with Crippen LogP contribution in [-0.4, -0.2) is 41.6 Å². The summed E-state index contributed by atoms with van der Waals surface area (Å²) in [6.45, 7) is 7.61. The van der Waals surface area contributed by atoms with Crippen molar-refractivity contribution >= 4 is 23.4 Å². The first kappa shape index (κ1) is 18.1. The highest BCUT2D eigenvalue weighted by Gasteiger charge is 2.17. The molecule has 0 aliphatic rings. The molecule has 1 aromatic rings. The zero-order valence-electron chi connectivity index (χ0n) is 14.1. The Labute approximate surface area is 134 Å². The van der Waals surface area contributed by atoms with Gasteiger partial charge in [-0.25, -0.2) is 9.97 Å². The zero-order chi connectivity index (χ0) is 15.7. The highest BCUT2D eigenvalue weighted by molar-refractivity contribution is 7.98. The van der Waals surface area contributed by atoms with E-state index in [1.165, 1.54) is 17.7 Å². The van der Waals surface area contributed by atoms with Crippen molar-refractivity contribution in [1.29, 1.82) is 0 Å². The molecule has 1 heterocycles. The maximum atomic E-state index is 4.56. The highest BCUT2D eigenvalue weighted by Crippen LogP contribution is 2.26. The van der Waals surface area contributed by atoms with Crippen molar-refractivity contribution in [3.63, 3.8) is 0 Å². The van der Waals surface area contributed by atoms with Gasteiger partial charge in [0, 0.05) is 25.2 Å². The third-order valence-corrected chi connectivity index (χ3v) is 4.34. The van der Waals surface area contributed by atoms with Crippen molar-refractivity contribution in [3.05, 3.63) is 11.9 Å². The number of nitrogens with zero attached hydrogens (tertiary/aromatic N) is 3. The summed E-state index contributed by atoms with van der Waals surface area (Å²) in [6, 6.07) is 0.488. The van der Waals surface area contributed by atoms with E-state index in [0.717, 1.165) is 37.4 Å². The molecule has 0 bridgehead atoms. The van der Waals surface area contributed by atoms with Crippen molar-refractivity contribution in [2.45, 2.75) is 52.5 Å². The SMILES string of the molecule is CCCNc1ncnc(N(C)C(C)CCSC)c1CCC. The molecule has 1 aromatic heterocycles. The second-order valence-corrected chi connectivity index (χ2v) is 6.43. The Kier molecular flexibility index (Phi) is 8.50. The van der Waals surface area contributed by atoms with Gasteiger partial charge >= 0.3 is 0 Å². The summed E-state index contributed by atoms with van der Waals surface area (Å²) >= 11 is 1.90. The lowest BCUT2D eigenvalue weighted by molar-refractivity contribution is 0.656. The zero-order valence-corrected chi connectivity index (χ0v) is 15.0. The van der Waals surface area contributed by atoms with E-state index in [9.17, 15) is 0 Å². The van der Waals surface area contributed by atoms with Gasteiger partial charge in [-0.05, 0) is 38.2 Å². The van der Waals surface area contributed by atoms with Crippen LogP contribution in [0, 0.1) is 0 Å². The van der Waals surface area contributed by atoms with E-state index in [0.29, 0.717) is 6.04 Å². The molecule has 0 saturated heterocycles. The number of hydrogen-bond acceptors (Lipinski definition) is 5. The van der Waals surface area contributed by atoms with E-state index < -0.39 is 0 Å². The van der Waals surface area contributed by atoms with Crippen LogP contribution >= 0.6 is 11.8 Å². The van der Waals surface area contributed by atoms with Gasteiger partial charge in [0.2, 0.25) is 0 Å². The molecule has 0 spiro atoms. The van der Waals surface area contributed by atoms with Gasteiger partial charge in [0.05, 0.1) is 0 Å². The van der Waals surface area contributed by atoms with Crippen LogP contribution in [0.1, 0.15) is 45.6 Å². The van der Waals surface area contributed by atoms with Crippen LogP contribution in [-0.2, 0) is 6.42 Å². The van der Waals surface area contributed by atoms with Crippen LogP contribution in [0.4, 0.5) is 11.6 Å². The van der Waals surface area contributed by atoms with Crippen LogP contribution < -0.4 is 10.2 Å². The van der Waals surface area contributed by atoms with Gasteiger partial charge in [0.25, 0.3) is 0 Å². The quantitative estimate of drug-likeness (QED) is 0.711. The maximum Gasteiger partial charge on any atom is 0.137 e. The smallest absolute Gasteiger partial charge is 0.137 e. The molecule has 0 radical (unpaired) electrons. The Morgan fingerprint density at radius 1 is 1.29 bits per heavy atom. The number of aromatic nitrogens is 2. The van der Waals surface area contributed by atoms with Crippen molar-refractivity contribution < 1.29 is 0 Å². The number of anilines is 2. The van der Waals surface area contributed by atoms with E-state index in [-0.39, 0.29) is 0 Å². The molecule has 0 aliphatic carbocycles. The lowest BCUT2D eigenvalue weighted by atomic mass is 10.1. The predicted octanol–water partition coefficient (Wildman–Crippen LogP) is 3.83. The summed E-state index contributed by atoms with van der Waals surface area (Å²) in [5, 5.41) is 3.44. The Morgan fingerprint density at radius 2 is 2.05 bits per heavy atom. The summed E-state index contributed by atoms with van der Waals surface area (Å²) in [4.78, 5) is 11.3. The van der Waals surface area contributed by atoms with Crippen molar-refractivity contribution in [1.82, 2.24) is 9.97 Å². The second-order valence-electron chi connectivity index (χ2n) is 5.44. The standard InChI is InChI=1S/C16H30N4S/c1-6-8-14-15(17-10-7-2)18-12-19-16(14)20(4)13(3)9-11-21-5/h12-13H,6-11H2,1-5H3,(H,17,18,19). The average molecular weight is 311 g/mol. The Hall–Kier alpha value is -0.970. The van der Waals surface area contributed by atoms with Crippen molar-refractivity contribution in [2.24, 2.45) is 0 Å². The molecule has 0 fully saturated rings. The third-order valence-electron chi connectivity index (χ3n) is 3.70. The second kappa shape index (κ2) is 9.87. The fourth-order valence-corrected chi connectivity index (χ4v) is 2.85. The highest BCUT2D eigenvalue weighted by atomic mass is 32.2. The molecular formula is C16H30N4S. The minimum absolute atomic E-state index is 0.488. The lowest BCUT2D eigenvalue weighted by Crippen LogP contribution is -2.31. The molecule has 1 N–H and O–H groups in total. The molecule has 21 heavy (non-hydrogen) atoms. The molecule has 0 amide bonds. The monoisotopic (exact) mass is 310 g/mol. The van der Waals surface area contributed by atoms with Crippen molar-refractivity contribution in [3.8, 4) is 0 Å².